The lowest BCUT2D eigenvalue weighted by atomic mass is 10.1. The van der Waals surface area contributed by atoms with Crippen LogP contribution < -0.4 is 9.62 Å². The highest BCUT2D eigenvalue weighted by Gasteiger charge is 2.37. The van der Waals surface area contributed by atoms with Gasteiger partial charge in [-0.1, -0.05) is 35.9 Å². The highest BCUT2D eigenvalue weighted by molar-refractivity contribution is 7.93. The van der Waals surface area contributed by atoms with Gasteiger partial charge in [-0.3, -0.25) is 24.0 Å². The Morgan fingerprint density at radius 1 is 1.12 bits per heavy atom. The molecule has 0 saturated heterocycles. The molecule has 0 atom stereocenters. The van der Waals surface area contributed by atoms with Crippen molar-refractivity contribution in [3.05, 3.63) is 69.7 Å². The fourth-order valence-electron chi connectivity index (χ4n) is 3.34. The third kappa shape index (κ3) is 3.83. The van der Waals surface area contributed by atoms with Gasteiger partial charge in [-0.25, -0.2) is 8.42 Å². The fourth-order valence-corrected chi connectivity index (χ4v) is 5.22. The minimum Gasteiger partial charge on any atom is -0.454 e. The molecule has 1 N–H and O–H groups in total. The molecule has 1 aliphatic heterocycles. The molecule has 1 aliphatic rings. The van der Waals surface area contributed by atoms with Crippen molar-refractivity contribution in [1.29, 1.82) is 0 Å². The van der Waals surface area contributed by atoms with Gasteiger partial charge >= 0.3 is 5.97 Å². The number of nitro groups is 1. The fraction of sp³-hybridized carbons (Fsp3) is 0.100. The predicted molar refractivity (Wildman–Crippen MR) is 116 cm³/mol. The lowest BCUT2D eigenvalue weighted by molar-refractivity contribution is -0.384. The van der Waals surface area contributed by atoms with Gasteiger partial charge in [0.2, 0.25) is 0 Å². The zero-order valence-corrected chi connectivity index (χ0v) is 17.7. The first-order chi connectivity index (χ1) is 15.2. The van der Waals surface area contributed by atoms with E-state index >= 15 is 0 Å². The standard InChI is InChI=1S/C20H14ClN3O7S/c21-14-9-13(24(27)28)7-8-15(14)22-18(25)11-31-19(26)10-23-16-5-1-3-12-4-2-6-17(20(12)16)32(23,29)30/h1-9H,10-11H2,(H,22,25). The maximum atomic E-state index is 12.9. The average Bonchev–Trinajstić information content (AvgIpc) is 2.97. The summed E-state index contributed by atoms with van der Waals surface area (Å²) in [6.07, 6.45) is 0. The van der Waals surface area contributed by atoms with Crippen LogP contribution in [0.2, 0.25) is 5.02 Å². The van der Waals surface area contributed by atoms with Crippen LogP contribution in [-0.4, -0.2) is 38.4 Å². The second-order valence-corrected chi connectivity index (χ2v) is 9.01. The van der Waals surface area contributed by atoms with E-state index in [4.69, 9.17) is 16.3 Å². The molecular formula is C20H14ClN3O7S. The Morgan fingerprint density at radius 2 is 1.84 bits per heavy atom. The molecule has 0 radical (unpaired) electrons. The van der Waals surface area contributed by atoms with Crippen LogP contribution in [0, 0.1) is 10.1 Å². The van der Waals surface area contributed by atoms with Crippen molar-refractivity contribution in [2.24, 2.45) is 0 Å². The number of esters is 1. The van der Waals surface area contributed by atoms with Gasteiger partial charge in [0.05, 0.1) is 26.2 Å². The molecule has 164 valence electrons. The summed E-state index contributed by atoms with van der Waals surface area (Å²) in [7, 11) is -3.94. The van der Waals surface area contributed by atoms with Crippen molar-refractivity contribution in [3.63, 3.8) is 0 Å². The van der Waals surface area contributed by atoms with E-state index in [2.05, 4.69) is 5.32 Å². The molecule has 1 heterocycles. The quantitative estimate of drug-likeness (QED) is 0.328. The normalized spacial score (nSPS) is 13.7. The Labute approximate surface area is 186 Å². The number of carbonyl (C=O) groups is 2. The summed E-state index contributed by atoms with van der Waals surface area (Å²) in [4.78, 5) is 34.6. The Morgan fingerprint density at radius 3 is 2.53 bits per heavy atom. The molecule has 0 aliphatic carbocycles. The molecule has 0 spiro atoms. The highest BCUT2D eigenvalue weighted by atomic mass is 35.5. The lowest BCUT2D eigenvalue weighted by Gasteiger charge is -2.17. The van der Waals surface area contributed by atoms with Crippen molar-refractivity contribution in [1.82, 2.24) is 0 Å². The van der Waals surface area contributed by atoms with Gasteiger partial charge in [-0.05, 0) is 23.6 Å². The molecule has 0 aromatic heterocycles. The van der Waals surface area contributed by atoms with E-state index in [1.165, 1.54) is 12.1 Å². The number of anilines is 2. The predicted octanol–water partition coefficient (Wildman–Crippen LogP) is 3.09. The highest BCUT2D eigenvalue weighted by Crippen LogP contribution is 2.41. The molecule has 3 aromatic carbocycles. The number of nitrogens with one attached hydrogen (secondary N) is 1. The molecule has 32 heavy (non-hydrogen) atoms. The maximum Gasteiger partial charge on any atom is 0.327 e. The number of nitro benzene ring substituents is 1. The van der Waals surface area contributed by atoms with E-state index in [0.29, 0.717) is 11.1 Å². The Balaban J connectivity index is 1.41. The number of rotatable bonds is 6. The number of benzene rings is 3. The number of non-ortho nitro benzene ring substituents is 1. The first kappa shape index (κ1) is 21.5. The van der Waals surface area contributed by atoms with E-state index in [-0.39, 0.29) is 21.3 Å². The SMILES string of the molecule is O=C(COC(=O)CN1c2cccc3cccc(c23)S1(=O)=O)Nc1ccc([N+](=O)[O-])cc1Cl. The summed E-state index contributed by atoms with van der Waals surface area (Å²) in [6.45, 7) is -1.31. The number of sulfonamides is 1. The Kier molecular flexibility index (Phi) is 5.45. The van der Waals surface area contributed by atoms with Crippen molar-refractivity contribution < 1.29 is 27.7 Å². The third-order valence-corrected chi connectivity index (χ3v) is 6.87. The largest absolute Gasteiger partial charge is 0.454 e. The van der Waals surface area contributed by atoms with Crippen LogP contribution in [0.15, 0.2) is 59.5 Å². The van der Waals surface area contributed by atoms with Gasteiger partial charge < -0.3 is 10.1 Å². The second kappa shape index (κ2) is 8.09. The van der Waals surface area contributed by atoms with E-state index in [9.17, 15) is 28.1 Å². The van der Waals surface area contributed by atoms with Crippen LogP contribution >= 0.6 is 11.6 Å². The van der Waals surface area contributed by atoms with Gasteiger partial charge in [-0.2, -0.15) is 0 Å². The monoisotopic (exact) mass is 475 g/mol. The number of halogens is 1. The number of carbonyl (C=O) groups excluding carboxylic acids is 2. The van der Waals surface area contributed by atoms with Gasteiger partial charge in [0.1, 0.15) is 6.54 Å². The molecule has 3 aromatic rings. The topological polar surface area (TPSA) is 136 Å². The van der Waals surface area contributed by atoms with Gasteiger partial charge in [0, 0.05) is 17.5 Å². The summed E-state index contributed by atoms with van der Waals surface area (Å²) in [5.74, 6) is -1.67. The van der Waals surface area contributed by atoms with E-state index in [1.807, 2.05) is 0 Å². The molecule has 0 saturated carbocycles. The second-order valence-electron chi connectivity index (χ2n) is 6.77. The first-order valence-corrected chi connectivity index (χ1v) is 10.9. The molecule has 0 bridgehead atoms. The Bertz CT molecular complexity index is 1390. The molecular weight excluding hydrogens is 462 g/mol. The van der Waals surface area contributed by atoms with Gasteiger partial charge in [0.15, 0.2) is 6.61 Å². The minimum atomic E-state index is -3.94. The van der Waals surface area contributed by atoms with Gasteiger partial charge in [-0.15, -0.1) is 0 Å². The van der Waals surface area contributed by atoms with Crippen LogP contribution in [0.1, 0.15) is 0 Å². The minimum absolute atomic E-state index is 0.0621. The number of ether oxygens (including phenoxy) is 1. The smallest absolute Gasteiger partial charge is 0.327 e. The van der Waals surface area contributed by atoms with Crippen LogP contribution in [0.4, 0.5) is 17.1 Å². The summed E-state index contributed by atoms with van der Waals surface area (Å²) in [5.41, 5.74) is 0.210. The summed E-state index contributed by atoms with van der Waals surface area (Å²) in [5, 5.41) is 14.3. The third-order valence-electron chi connectivity index (χ3n) is 4.76. The molecule has 1 amide bonds. The zero-order chi connectivity index (χ0) is 23.0. The van der Waals surface area contributed by atoms with E-state index < -0.39 is 40.0 Å². The van der Waals surface area contributed by atoms with Crippen LogP contribution in [-0.2, 0) is 24.3 Å². The zero-order valence-electron chi connectivity index (χ0n) is 16.1. The number of hydrogen-bond acceptors (Lipinski definition) is 7. The van der Waals surface area contributed by atoms with Gasteiger partial charge in [0.25, 0.3) is 21.6 Å². The van der Waals surface area contributed by atoms with Crippen molar-refractivity contribution in [2.75, 3.05) is 22.8 Å². The summed E-state index contributed by atoms with van der Waals surface area (Å²) in [6, 6.07) is 13.4. The summed E-state index contributed by atoms with van der Waals surface area (Å²) < 4.78 is 31.6. The maximum absolute atomic E-state index is 12.9. The molecule has 12 heteroatoms. The van der Waals surface area contributed by atoms with E-state index in [1.54, 1.807) is 30.3 Å². The van der Waals surface area contributed by atoms with Crippen LogP contribution in [0.3, 0.4) is 0 Å². The average molecular weight is 476 g/mol. The molecule has 4 rings (SSSR count). The van der Waals surface area contributed by atoms with E-state index in [0.717, 1.165) is 21.8 Å². The Hall–Kier alpha value is -3.70. The van der Waals surface area contributed by atoms with Crippen molar-refractivity contribution in [2.45, 2.75) is 4.90 Å². The number of hydrogen-bond donors (Lipinski definition) is 1. The summed E-state index contributed by atoms with van der Waals surface area (Å²) >= 11 is 5.91. The molecule has 10 nitrogen and oxygen atoms in total. The number of nitrogens with zero attached hydrogens (tertiary/aromatic N) is 2. The first-order valence-electron chi connectivity index (χ1n) is 9.12. The lowest BCUT2D eigenvalue weighted by Crippen LogP contribution is -2.34. The van der Waals surface area contributed by atoms with Crippen molar-refractivity contribution >= 4 is 61.3 Å². The van der Waals surface area contributed by atoms with Crippen LogP contribution in [0.5, 0.6) is 0 Å². The molecule has 0 fully saturated rings. The molecule has 0 unspecified atom stereocenters. The van der Waals surface area contributed by atoms with Crippen LogP contribution in [0.25, 0.3) is 10.8 Å². The number of amides is 1. The van der Waals surface area contributed by atoms with Crippen molar-refractivity contribution in [3.8, 4) is 0 Å².